The molecule has 168 valence electrons. The van der Waals surface area contributed by atoms with E-state index in [9.17, 15) is 18.4 Å². The molecule has 2 amide bonds. The molecule has 0 saturated carbocycles. The molecule has 31 heavy (non-hydrogen) atoms. The van der Waals surface area contributed by atoms with E-state index in [4.69, 9.17) is 0 Å². The lowest BCUT2D eigenvalue weighted by Gasteiger charge is -2.30. The second-order valence-electron chi connectivity index (χ2n) is 8.99. The van der Waals surface area contributed by atoms with Crippen molar-refractivity contribution < 1.29 is 18.4 Å². The molecule has 3 rings (SSSR count). The van der Waals surface area contributed by atoms with E-state index in [0.717, 1.165) is 37.1 Å². The smallest absolute Gasteiger partial charge is 0.272 e. The van der Waals surface area contributed by atoms with Crippen LogP contribution < -0.4 is 10.6 Å². The Morgan fingerprint density at radius 1 is 1.16 bits per heavy atom. The number of carbonyl (C=O) groups excluding carboxylic acids is 2. The average Bonchev–Trinajstić information content (AvgIpc) is 2.88. The average molecular weight is 433 g/mol. The third kappa shape index (κ3) is 4.94. The maximum atomic E-state index is 13.9. The summed E-state index contributed by atoms with van der Waals surface area (Å²) in [5, 5.41) is 5.62. The number of fused-ring (bicyclic) bond motifs is 1. The van der Waals surface area contributed by atoms with E-state index >= 15 is 0 Å². The lowest BCUT2D eigenvalue weighted by atomic mass is 9.86. The van der Waals surface area contributed by atoms with Crippen LogP contribution in [0.3, 0.4) is 0 Å². The van der Waals surface area contributed by atoms with Crippen LogP contribution >= 0.6 is 0 Å². The number of imidazole rings is 1. The molecule has 2 heterocycles. The molecular formula is C23H30F2N4O2. The van der Waals surface area contributed by atoms with Gasteiger partial charge in [0.05, 0.1) is 5.69 Å². The molecule has 1 aromatic carbocycles. The minimum absolute atomic E-state index is 0.236. The molecule has 0 bridgehead atoms. The minimum atomic E-state index is -0.960. The van der Waals surface area contributed by atoms with Gasteiger partial charge in [0, 0.05) is 18.7 Å². The second kappa shape index (κ2) is 9.16. The van der Waals surface area contributed by atoms with Crippen molar-refractivity contribution in [1.29, 1.82) is 0 Å². The number of benzene rings is 1. The zero-order valence-electron chi connectivity index (χ0n) is 18.5. The van der Waals surface area contributed by atoms with Gasteiger partial charge in [-0.25, -0.2) is 13.8 Å². The Bertz CT molecular complexity index is 979. The number of aromatic nitrogens is 2. The van der Waals surface area contributed by atoms with Crippen LogP contribution in [-0.2, 0) is 17.8 Å². The second-order valence-corrected chi connectivity index (χ2v) is 8.99. The standard InChI is InChI=1S/C23H30F2N4O2/c1-5-26-22(31)19(23(2,3)4)28-21(30)18-17-9-7-6-8-12-29(17)20(27-18)14-10-11-15(24)16(25)13-14/h10-11,13,19H,5-9,12H2,1-4H3,(H,26,31)(H,28,30). The van der Waals surface area contributed by atoms with Gasteiger partial charge in [-0.3, -0.25) is 9.59 Å². The molecule has 0 spiro atoms. The van der Waals surface area contributed by atoms with E-state index in [1.807, 2.05) is 32.3 Å². The largest absolute Gasteiger partial charge is 0.355 e. The van der Waals surface area contributed by atoms with Crippen molar-refractivity contribution in [2.24, 2.45) is 5.41 Å². The lowest BCUT2D eigenvalue weighted by Crippen LogP contribution is -2.53. The first-order valence-electron chi connectivity index (χ1n) is 10.8. The van der Waals surface area contributed by atoms with Crippen LogP contribution in [0.2, 0.25) is 0 Å². The summed E-state index contributed by atoms with van der Waals surface area (Å²) in [6, 6.07) is 2.89. The molecule has 0 radical (unpaired) electrons. The van der Waals surface area contributed by atoms with Gasteiger partial charge in [-0.05, 0) is 49.8 Å². The molecule has 1 aliphatic heterocycles. The van der Waals surface area contributed by atoms with Gasteiger partial charge in [0.2, 0.25) is 5.91 Å². The summed E-state index contributed by atoms with van der Waals surface area (Å²) in [5.74, 6) is -2.15. The quantitative estimate of drug-likeness (QED) is 0.754. The first-order valence-corrected chi connectivity index (χ1v) is 10.8. The van der Waals surface area contributed by atoms with Gasteiger partial charge < -0.3 is 15.2 Å². The van der Waals surface area contributed by atoms with Crippen molar-refractivity contribution in [3.63, 3.8) is 0 Å². The summed E-state index contributed by atoms with van der Waals surface area (Å²) in [6.45, 7) is 8.57. The van der Waals surface area contributed by atoms with Gasteiger partial charge in [-0.15, -0.1) is 0 Å². The van der Waals surface area contributed by atoms with Crippen molar-refractivity contribution >= 4 is 11.8 Å². The number of carbonyl (C=O) groups is 2. The van der Waals surface area contributed by atoms with Gasteiger partial charge in [0.15, 0.2) is 11.6 Å². The van der Waals surface area contributed by atoms with Gasteiger partial charge >= 0.3 is 0 Å². The van der Waals surface area contributed by atoms with Crippen LogP contribution in [0.15, 0.2) is 18.2 Å². The fourth-order valence-corrected chi connectivity index (χ4v) is 3.91. The fourth-order valence-electron chi connectivity index (χ4n) is 3.91. The molecule has 1 unspecified atom stereocenters. The van der Waals surface area contributed by atoms with E-state index in [2.05, 4.69) is 15.6 Å². The van der Waals surface area contributed by atoms with Crippen molar-refractivity contribution in [3.8, 4) is 11.4 Å². The SMILES string of the molecule is CCNC(=O)C(NC(=O)c1nc(-c2ccc(F)c(F)c2)n2c1CCCCC2)C(C)(C)C. The van der Waals surface area contributed by atoms with E-state index < -0.39 is 29.0 Å². The molecule has 2 N–H and O–H groups in total. The van der Waals surface area contributed by atoms with E-state index in [1.54, 1.807) is 0 Å². The summed E-state index contributed by atoms with van der Waals surface area (Å²) in [5.41, 5.74) is 0.907. The molecule has 8 heteroatoms. The zero-order valence-corrected chi connectivity index (χ0v) is 18.5. The third-order valence-electron chi connectivity index (χ3n) is 5.52. The van der Waals surface area contributed by atoms with Gasteiger partial charge in [-0.2, -0.15) is 0 Å². The summed E-state index contributed by atoms with van der Waals surface area (Å²) in [6.07, 6.45) is 3.47. The molecular weight excluding hydrogens is 402 g/mol. The number of rotatable bonds is 5. The summed E-state index contributed by atoms with van der Waals surface area (Å²) in [7, 11) is 0. The van der Waals surface area contributed by atoms with Crippen LogP contribution in [0.25, 0.3) is 11.4 Å². The molecule has 6 nitrogen and oxygen atoms in total. The highest BCUT2D eigenvalue weighted by Crippen LogP contribution is 2.29. The van der Waals surface area contributed by atoms with Crippen LogP contribution in [0.5, 0.6) is 0 Å². The Morgan fingerprint density at radius 3 is 2.55 bits per heavy atom. The predicted molar refractivity (Wildman–Crippen MR) is 115 cm³/mol. The maximum Gasteiger partial charge on any atom is 0.272 e. The Kier molecular flexibility index (Phi) is 6.77. The molecule has 0 aliphatic carbocycles. The number of hydrogen-bond acceptors (Lipinski definition) is 3. The number of halogens is 2. The highest BCUT2D eigenvalue weighted by Gasteiger charge is 2.34. The predicted octanol–water partition coefficient (Wildman–Crippen LogP) is 3.84. The van der Waals surface area contributed by atoms with E-state index in [-0.39, 0.29) is 11.6 Å². The van der Waals surface area contributed by atoms with E-state index in [0.29, 0.717) is 30.9 Å². The van der Waals surface area contributed by atoms with Gasteiger partial charge in [0.25, 0.3) is 5.91 Å². The van der Waals surface area contributed by atoms with Crippen LogP contribution in [-0.4, -0.2) is 34.0 Å². The van der Waals surface area contributed by atoms with E-state index in [1.165, 1.54) is 6.07 Å². The summed E-state index contributed by atoms with van der Waals surface area (Å²) in [4.78, 5) is 30.4. The Morgan fingerprint density at radius 2 is 1.90 bits per heavy atom. The Balaban J connectivity index is 2.02. The highest BCUT2D eigenvalue weighted by molar-refractivity contribution is 5.98. The van der Waals surface area contributed by atoms with Crippen LogP contribution in [0, 0.1) is 17.0 Å². The van der Waals surface area contributed by atoms with Gasteiger partial charge in [-0.1, -0.05) is 27.2 Å². The minimum Gasteiger partial charge on any atom is -0.355 e. The number of nitrogens with one attached hydrogen (secondary N) is 2. The molecule has 1 atom stereocenters. The fraction of sp³-hybridized carbons (Fsp3) is 0.522. The van der Waals surface area contributed by atoms with Crippen molar-refractivity contribution in [3.05, 3.63) is 41.2 Å². The summed E-state index contributed by atoms with van der Waals surface area (Å²) < 4.78 is 29.2. The number of likely N-dealkylation sites (N-methyl/N-ethyl adjacent to an activating group) is 1. The molecule has 1 aromatic heterocycles. The van der Waals surface area contributed by atoms with Crippen molar-refractivity contribution in [2.75, 3.05) is 6.54 Å². The highest BCUT2D eigenvalue weighted by atomic mass is 19.2. The number of amides is 2. The monoisotopic (exact) mass is 432 g/mol. The molecule has 0 fully saturated rings. The topological polar surface area (TPSA) is 76.0 Å². The zero-order chi connectivity index (χ0) is 22.8. The normalized spacial score (nSPS) is 15.0. The number of nitrogens with zero attached hydrogens (tertiary/aromatic N) is 2. The first kappa shape index (κ1) is 22.9. The van der Waals surface area contributed by atoms with Crippen LogP contribution in [0.4, 0.5) is 8.78 Å². The summed E-state index contributed by atoms with van der Waals surface area (Å²) >= 11 is 0. The maximum absolute atomic E-state index is 13.9. The van der Waals surface area contributed by atoms with Crippen LogP contribution in [0.1, 0.15) is 63.1 Å². The van der Waals surface area contributed by atoms with Gasteiger partial charge in [0.1, 0.15) is 17.6 Å². The molecule has 1 aliphatic rings. The Labute approximate surface area is 181 Å². The number of hydrogen-bond donors (Lipinski definition) is 2. The van der Waals surface area contributed by atoms with Crippen molar-refractivity contribution in [1.82, 2.24) is 20.2 Å². The molecule has 0 saturated heterocycles. The van der Waals surface area contributed by atoms with Crippen molar-refractivity contribution in [2.45, 2.75) is 66.0 Å². The lowest BCUT2D eigenvalue weighted by molar-refractivity contribution is -0.125. The Hall–Kier alpha value is -2.77. The third-order valence-corrected chi connectivity index (χ3v) is 5.52. The first-order chi connectivity index (χ1) is 14.6. The molecule has 2 aromatic rings.